The van der Waals surface area contributed by atoms with Crippen LogP contribution in [0.5, 0.6) is 5.75 Å². The van der Waals surface area contributed by atoms with Gasteiger partial charge in [0.05, 0.1) is 19.2 Å². The van der Waals surface area contributed by atoms with Gasteiger partial charge in [-0.3, -0.25) is 0 Å². The zero-order chi connectivity index (χ0) is 14.1. The Morgan fingerprint density at radius 1 is 1.25 bits per heavy atom. The van der Waals surface area contributed by atoms with Crippen LogP contribution in [0.2, 0.25) is 0 Å². The Morgan fingerprint density at radius 3 is 2.80 bits per heavy atom. The minimum atomic E-state index is -0.244. The minimum absolute atomic E-state index is 0.244. The van der Waals surface area contributed by atoms with Crippen molar-refractivity contribution in [3.05, 3.63) is 58.6 Å². The molecule has 0 saturated heterocycles. The molecule has 3 aromatic rings. The van der Waals surface area contributed by atoms with E-state index in [1.807, 2.05) is 28.8 Å². The first kappa shape index (κ1) is 12.9. The largest absolute Gasteiger partial charge is 0.494 e. The first-order valence-corrected chi connectivity index (χ1v) is 6.60. The van der Waals surface area contributed by atoms with E-state index >= 15 is 0 Å². The predicted octanol–water partition coefficient (Wildman–Crippen LogP) is 3.89. The normalized spacial score (nSPS) is 10.9. The minimum Gasteiger partial charge on any atom is -0.494 e. The molecule has 3 rings (SSSR count). The number of aromatic nitrogens is 2. The number of H-pyrrole nitrogens is 1. The highest BCUT2D eigenvalue weighted by Gasteiger charge is 2.09. The van der Waals surface area contributed by atoms with Gasteiger partial charge in [0, 0.05) is 0 Å². The van der Waals surface area contributed by atoms with Crippen LogP contribution in [0.1, 0.15) is 5.56 Å². The van der Waals surface area contributed by atoms with Gasteiger partial charge in [-0.2, -0.15) is 0 Å². The topological polar surface area (TPSA) is 29.9 Å². The van der Waals surface area contributed by atoms with Gasteiger partial charge in [-0.15, -0.1) is 0 Å². The molecule has 0 fully saturated rings. The standard InChI is InChI=1S/C15H13FN2OS/c1-19-13-7-3-6-12-14(13)17-15(20)18(12)9-10-4-2-5-11(16)8-10/h2-8H,9H2,1H3,(H,17,20). The van der Waals surface area contributed by atoms with E-state index < -0.39 is 0 Å². The summed E-state index contributed by atoms with van der Waals surface area (Å²) in [5.41, 5.74) is 2.67. The van der Waals surface area contributed by atoms with Gasteiger partial charge in [-0.05, 0) is 42.0 Å². The van der Waals surface area contributed by atoms with E-state index in [4.69, 9.17) is 17.0 Å². The number of rotatable bonds is 3. The molecule has 0 atom stereocenters. The molecule has 0 radical (unpaired) electrons. The number of aromatic amines is 1. The predicted molar refractivity (Wildman–Crippen MR) is 79.2 cm³/mol. The first-order valence-electron chi connectivity index (χ1n) is 6.19. The summed E-state index contributed by atoms with van der Waals surface area (Å²) in [7, 11) is 1.62. The summed E-state index contributed by atoms with van der Waals surface area (Å²) in [5.74, 6) is 0.498. The number of ether oxygens (including phenoxy) is 1. The third-order valence-corrected chi connectivity index (χ3v) is 3.54. The van der Waals surface area contributed by atoms with E-state index in [-0.39, 0.29) is 5.82 Å². The lowest BCUT2D eigenvalue weighted by Gasteiger charge is -2.06. The Bertz CT molecular complexity index is 822. The SMILES string of the molecule is COc1cccc2c1[nH]c(=S)n2Cc1cccc(F)c1. The average molecular weight is 288 g/mol. The lowest BCUT2D eigenvalue weighted by Crippen LogP contribution is -2.00. The number of nitrogens with one attached hydrogen (secondary N) is 1. The van der Waals surface area contributed by atoms with Crippen molar-refractivity contribution in [3.63, 3.8) is 0 Å². The van der Waals surface area contributed by atoms with Crippen molar-refractivity contribution in [2.24, 2.45) is 0 Å². The molecule has 102 valence electrons. The van der Waals surface area contributed by atoms with Crippen LogP contribution >= 0.6 is 12.2 Å². The van der Waals surface area contributed by atoms with Crippen LogP contribution in [0.15, 0.2) is 42.5 Å². The van der Waals surface area contributed by atoms with Gasteiger partial charge in [-0.25, -0.2) is 4.39 Å². The molecule has 2 aromatic carbocycles. The Kier molecular flexibility index (Phi) is 3.28. The highest BCUT2D eigenvalue weighted by Crippen LogP contribution is 2.25. The average Bonchev–Trinajstić information content (AvgIpc) is 2.75. The van der Waals surface area contributed by atoms with Gasteiger partial charge in [-0.1, -0.05) is 18.2 Å². The summed E-state index contributed by atoms with van der Waals surface area (Å²) >= 11 is 5.35. The molecule has 0 aliphatic carbocycles. The maximum absolute atomic E-state index is 13.3. The van der Waals surface area contributed by atoms with E-state index in [9.17, 15) is 4.39 Å². The third kappa shape index (κ3) is 2.20. The van der Waals surface area contributed by atoms with Gasteiger partial charge in [0.15, 0.2) is 4.77 Å². The van der Waals surface area contributed by atoms with Crippen molar-refractivity contribution < 1.29 is 9.13 Å². The second kappa shape index (κ2) is 5.09. The molecule has 20 heavy (non-hydrogen) atoms. The van der Waals surface area contributed by atoms with Gasteiger partial charge >= 0.3 is 0 Å². The smallest absolute Gasteiger partial charge is 0.178 e. The van der Waals surface area contributed by atoms with E-state index in [0.717, 1.165) is 22.3 Å². The maximum atomic E-state index is 13.3. The second-order valence-corrected chi connectivity index (χ2v) is 4.89. The molecule has 0 aliphatic heterocycles. The van der Waals surface area contributed by atoms with Crippen LogP contribution in [-0.4, -0.2) is 16.7 Å². The lowest BCUT2D eigenvalue weighted by molar-refractivity contribution is 0.419. The van der Waals surface area contributed by atoms with Gasteiger partial charge < -0.3 is 14.3 Å². The van der Waals surface area contributed by atoms with Crippen molar-refractivity contribution >= 4 is 23.3 Å². The number of methoxy groups -OCH3 is 1. The number of benzene rings is 2. The molecule has 0 amide bonds. The van der Waals surface area contributed by atoms with Crippen molar-refractivity contribution in [3.8, 4) is 5.75 Å². The van der Waals surface area contributed by atoms with Gasteiger partial charge in [0.25, 0.3) is 0 Å². The molecular formula is C15H13FN2OS. The number of halogens is 1. The molecular weight excluding hydrogens is 275 g/mol. The van der Waals surface area contributed by atoms with E-state index in [2.05, 4.69) is 4.98 Å². The number of imidazole rings is 1. The molecule has 1 heterocycles. The first-order chi connectivity index (χ1) is 9.69. The monoisotopic (exact) mass is 288 g/mol. The Balaban J connectivity index is 2.12. The zero-order valence-corrected chi connectivity index (χ0v) is 11.7. The van der Waals surface area contributed by atoms with E-state index in [0.29, 0.717) is 11.3 Å². The number of nitrogens with zero attached hydrogens (tertiary/aromatic N) is 1. The van der Waals surface area contributed by atoms with Crippen LogP contribution in [0.4, 0.5) is 4.39 Å². The van der Waals surface area contributed by atoms with Crippen molar-refractivity contribution in [1.29, 1.82) is 0 Å². The van der Waals surface area contributed by atoms with E-state index in [1.165, 1.54) is 12.1 Å². The third-order valence-electron chi connectivity index (χ3n) is 3.22. The molecule has 0 bridgehead atoms. The highest BCUT2D eigenvalue weighted by molar-refractivity contribution is 7.71. The molecule has 1 aromatic heterocycles. The van der Waals surface area contributed by atoms with Gasteiger partial charge in [0.2, 0.25) is 0 Å². The number of para-hydroxylation sites is 1. The van der Waals surface area contributed by atoms with Crippen LogP contribution in [0.3, 0.4) is 0 Å². The molecule has 0 aliphatic rings. The fourth-order valence-electron chi connectivity index (χ4n) is 2.30. The second-order valence-electron chi connectivity index (χ2n) is 4.50. The summed E-state index contributed by atoms with van der Waals surface area (Å²) < 4.78 is 21.1. The fraction of sp³-hybridized carbons (Fsp3) is 0.133. The number of hydrogen-bond acceptors (Lipinski definition) is 2. The molecule has 0 unspecified atom stereocenters. The summed E-state index contributed by atoms with van der Waals surface area (Å²) in [4.78, 5) is 3.14. The Labute approximate surface area is 120 Å². The summed E-state index contributed by atoms with van der Waals surface area (Å²) in [6.07, 6.45) is 0. The molecule has 1 N–H and O–H groups in total. The summed E-state index contributed by atoms with van der Waals surface area (Å²) in [5, 5.41) is 0. The number of hydrogen-bond donors (Lipinski definition) is 1. The Morgan fingerprint density at radius 2 is 2.05 bits per heavy atom. The summed E-state index contributed by atoms with van der Waals surface area (Å²) in [6.45, 7) is 0.518. The molecule has 0 spiro atoms. The van der Waals surface area contributed by atoms with Crippen molar-refractivity contribution in [2.75, 3.05) is 7.11 Å². The number of fused-ring (bicyclic) bond motifs is 1. The zero-order valence-electron chi connectivity index (χ0n) is 10.9. The molecule has 3 nitrogen and oxygen atoms in total. The fourth-order valence-corrected chi connectivity index (χ4v) is 2.56. The van der Waals surface area contributed by atoms with Crippen molar-refractivity contribution in [1.82, 2.24) is 9.55 Å². The quantitative estimate of drug-likeness (QED) is 0.741. The van der Waals surface area contributed by atoms with Crippen molar-refractivity contribution in [2.45, 2.75) is 6.54 Å². The van der Waals surface area contributed by atoms with Crippen LogP contribution in [0, 0.1) is 10.6 Å². The lowest BCUT2D eigenvalue weighted by atomic mass is 10.2. The van der Waals surface area contributed by atoms with Crippen LogP contribution in [-0.2, 0) is 6.54 Å². The molecule has 0 saturated carbocycles. The maximum Gasteiger partial charge on any atom is 0.178 e. The Hall–Kier alpha value is -2.14. The van der Waals surface area contributed by atoms with Gasteiger partial charge in [0.1, 0.15) is 17.1 Å². The summed E-state index contributed by atoms with van der Waals surface area (Å²) in [6, 6.07) is 12.3. The highest BCUT2D eigenvalue weighted by atomic mass is 32.1. The van der Waals surface area contributed by atoms with Crippen LogP contribution < -0.4 is 4.74 Å². The molecule has 5 heteroatoms. The van der Waals surface area contributed by atoms with Crippen LogP contribution in [0.25, 0.3) is 11.0 Å². The van der Waals surface area contributed by atoms with E-state index in [1.54, 1.807) is 13.2 Å².